The molecule has 0 aromatic heterocycles. The van der Waals surface area contributed by atoms with Gasteiger partial charge < -0.3 is 4.74 Å². The van der Waals surface area contributed by atoms with Crippen molar-refractivity contribution in [3.63, 3.8) is 0 Å². The summed E-state index contributed by atoms with van der Waals surface area (Å²) >= 11 is 0. The third-order valence-corrected chi connectivity index (χ3v) is 8.27. The Hall–Kier alpha value is -2.43. The highest BCUT2D eigenvalue weighted by atomic mass is 16.6. The van der Waals surface area contributed by atoms with Gasteiger partial charge >= 0.3 is 5.97 Å². The van der Waals surface area contributed by atoms with E-state index in [0.29, 0.717) is 17.6 Å². The number of hydrogen-bond donors (Lipinski definition) is 0. The maximum absolute atomic E-state index is 13.4. The monoisotopic (exact) mass is 423 g/mol. The molecule has 1 aromatic carbocycles. The van der Waals surface area contributed by atoms with Crippen LogP contribution in [0.15, 0.2) is 47.6 Å². The molecule has 2 fully saturated rings. The van der Waals surface area contributed by atoms with Crippen LogP contribution in [0, 0.1) is 38.7 Å². The van der Waals surface area contributed by atoms with Crippen molar-refractivity contribution >= 4 is 11.7 Å². The summed E-state index contributed by atoms with van der Waals surface area (Å²) in [4.78, 5) is 23.9. The summed E-state index contributed by atoms with van der Waals surface area (Å²) in [6.45, 7) is 8.97. The standard InChI is InChI=1S/C26H33NO4/c1-17(2)18-6-12-22-19(16-18)7-13-23-25(22,3)14-5-15-26(23,4)24(28)31-21-10-8-20(9-11-21)27(29)30/h6,8-11,16-17,22-23H,5,7,12-15H2,1-4H3/t22-,23+,25+,26+/m0/s1. The van der Waals surface area contributed by atoms with Crippen molar-refractivity contribution in [3.8, 4) is 5.75 Å². The number of nitro benzene ring substituents is 1. The van der Waals surface area contributed by atoms with Crippen LogP contribution < -0.4 is 4.74 Å². The minimum Gasteiger partial charge on any atom is -0.426 e. The lowest BCUT2D eigenvalue weighted by Gasteiger charge is -2.58. The van der Waals surface area contributed by atoms with Crippen LogP contribution in [-0.2, 0) is 4.79 Å². The van der Waals surface area contributed by atoms with Crippen molar-refractivity contribution in [2.24, 2.45) is 28.6 Å². The quantitative estimate of drug-likeness (QED) is 0.236. The fraction of sp³-hybridized carbons (Fsp3) is 0.577. The van der Waals surface area contributed by atoms with Crippen LogP contribution in [0.25, 0.3) is 0 Å². The lowest BCUT2D eigenvalue weighted by Crippen LogP contribution is -2.54. The Morgan fingerprint density at radius 1 is 1.19 bits per heavy atom. The topological polar surface area (TPSA) is 69.4 Å². The molecule has 3 aliphatic rings. The molecule has 31 heavy (non-hydrogen) atoms. The van der Waals surface area contributed by atoms with Crippen molar-refractivity contribution in [2.75, 3.05) is 0 Å². The smallest absolute Gasteiger partial charge is 0.317 e. The maximum Gasteiger partial charge on any atom is 0.317 e. The number of nitrogens with zero attached hydrogens (tertiary/aromatic N) is 1. The molecule has 0 bridgehead atoms. The van der Waals surface area contributed by atoms with Crippen molar-refractivity contribution in [1.29, 1.82) is 0 Å². The van der Waals surface area contributed by atoms with Gasteiger partial charge in [-0.2, -0.15) is 0 Å². The predicted molar refractivity (Wildman–Crippen MR) is 121 cm³/mol. The Morgan fingerprint density at radius 2 is 1.90 bits per heavy atom. The largest absolute Gasteiger partial charge is 0.426 e. The molecule has 0 spiro atoms. The zero-order valence-corrected chi connectivity index (χ0v) is 19.0. The molecule has 0 radical (unpaired) electrons. The number of carbonyl (C=O) groups excluding carboxylic acids is 1. The van der Waals surface area contributed by atoms with E-state index in [1.165, 1.54) is 29.8 Å². The van der Waals surface area contributed by atoms with Gasteiger partial charge in [-0.1, -0.05) is 44.9 Å². The van der Waals surface area contributed by atoms with E-state index in [0.717, 1.165) is 38.5 Å². The van der Waals surface area contributed by atoms with E-state index < -0.39 is 10.3 Å². The Labute approximate surface area is 184 Å². The Kier molecular flexibility index (Phi) is 5.57. The van der Waals surface area contributed by atoms with Gasteiger partial charge in [0, 0.05) is 12.1 Å². The number of esters is 1. The minimum absolute atomic E-state index is 0.00558. The van der Waals surface area contributed by atoms with Crippen LogP contribution >= 0.6 is 0 Å². The normalized spacial score (nSPS) is 32.4. The average Bonchev–Trinajstić information content (AvgIpc) is 2.73. The number of benzene rings is 1. The molecule has 3 aliphatic carbocycles. The van der Waals surface area contributed by atoms with Crippen LogP contribution in [0.4, 0.5) is 5.69 Å². The molecular weight excluding hydrogens is 390 g/mol. The fourth-order valence-electron chi connectivity index (χ4n) is 6.51. The first-order chi connectivity index (χ1) is 14.6. The molecule has 0 aliphatic heterocycles. The minimum atomic E-state index is -0.539. The van der Waals surface area contributed by atoms with Gasteiger partial charge in [-0.05, 0) is 79.9 Å². The third-order valence-electron chi connectivity index (χ3n) is 8.27. The van der Waals surface area contributed by atoms with Crippen molar-refractivity contribution in [3.05, 3.63) is 57.7 Å². The first-order valence-electron chi connectivity index (χ1n) is 11.5. The van der Waals surface area contributed by atoms with Crippen LogP contribution in [-0.4, -0.2) is 10.9 Å². The van der Waals surface area contributed by atoms with Crippen LogP contribution in [0.2, 0.25) is 0 Å². The molecule has 4 atom stereocenters. The Bertz CT molecular complexity index is 945. The zero-order valence-electron chi connectivity index (χ0n) is 19.0. The summed E-state index contributed by atoms with van der Waals surface area (Å²) < 4.78 is 5.78. The van der Waals surface area contributed by atoms with E-state index in [-0.39, 0.29) is 23.0 Å². The molecule has 5 heteroatoms. The number of allylic oxidation sites excluding steroid dienone is 4. The average molecular weight is 424 g/mol. The van der Waals surface area contributed by atoms with Crippen LogP contribution in [0.5, 0.6) is 5.75 Å². The second kappa shape index (κ2) is 7.92. The molecule has 2 saturated carbocycles. The molecule has 166 valence electrons. The lowest BCUT2D eigenvalue weighted by atomic mass is 9.46. The Morgan fingerprint density at radius 3 is 2.55 bits per heavy atom. The molecular formula is C26H33NO4. The number of rotatable bonds is 4. The highest BCUT2D eigenvalue weighted by Crippen LogP contribution is 2.63. The van der Waals surface area contributed by atoms with E-state index in [9.17, 15) is 14.9 Å². The second-order valence-corrected chi connectivity index (χ2v) is 10.4. The van der Waals surface area contributed by atoms with Gasteiger partial charge in [-0.3, -0.25) is 14.9 Å². The van der Waals surface area contributed by atoms with E-state index in [1.807, 2.05) is 0 Å². The number of nitro groups is 1. The summed E-state index contributed by atoms with van der Waals surface area (Å²) in [5.41, 5.74) is 2.56. The van der Waals surface area contributed by atoms with Gasteiger partial charge in [-0.15, -0.1) is 0 Å². The summed E-state index contributed by atoms with van der Waals surface area (Å²) in [6.07, 6.45) is 11.0. The molecule has 0 unspecified atom stereocenters. The molecule has 4 rings (SSSR count). The van der Waals surface area contributed by atoms with Gasteiger partial charge in [0.2, 0.25) is 0 Å². The zero-order chi connectivity index (χ0) is 22.4. The number of non-ortho nitro benzene ring substituents is 1. The van der Waals surface area contributed by atoms with Gasteiger partial charge in [-0.25, -0.2) is 0 Å². The highest BCUT2D eigenvalue weighted by Gasteiger charge is 2.58. The molecule has 0 amide bonds. The Balaban J connectivity index is 1.57. The first kappa shape index (κ1) is 21.8. The van der Waals surface area contributed by atoms with Gasteiger partial charge in [0.25, 0.3) is 5.69 Å². The SMILES string of the molecule is CC(C)C1=CC[C@H]2C(=C1)CC[C@@H]1[C@]2(C)CCC[C@@]1(C)C(=O)Oc1ccc([N+](=O)[O-])cc1. The van der Waals surface area contributed by atoms with E-state index in [4.69, 9.17) is 4.74 Å². The molecule has 0 N–H and O–H groups in total. The van der Waals surface area contributed by atoms with Crippen LogP contribution in [0.3, 0.4) is 0 Å². The third kappa shape index (κ3) is 3.72. The predicted octanol–water partition coefficient (Wildman–Crippen LogP) is 6.64. The van der Waals surface area contributed by atoms with Crippen molar-refractivity contribution in [2.45, 2.75) is 66.2 Å². The summed E-state index contributed by atoms with van der Waals surface area (Å²) in [6, 6.07) is 5.80. The van der Waals surface area contributed by atoms with Gasteiger partial charge in [0.1, 0.15) is 5.75 Å². The molecule has 5 nitrogen and oxygen atoms in total. The molecule has 0 heterocycles. The second-order valence-electron chi connectivity index (χ2n) is 10.4. The number of hydrogen-bond acceptors (Lipinski definition) is 4. The van der Waals surface area contributed by atoms with Crippen molar-refractivity contribution < 1.29 is 14.5 Å². The van der Waals surface area contributed by atoms with Gasteiger partial charge in [0.15, 0.2) is 0 Å². The van der Waals surface area contributed by atoms with Crippen LogP contribution in [0.1, 0.15) is 66.2 Å². The van der Waals surface area contributed by atoms with E-state index in [1.54, 1.807) is 5.57 Å². The summed E-state index contributed by atoms with van der Waals surface area (Å²) in [5, 5.41) is 10.9. The van der Waals surface area contributed by atoms with Gasteiger partial charge in [0.05, 0.1) is 10.3 Å². The first-order valence-corrected chi connectivity index (χ1v) is 11.5. The van der Waals surface area contributed by atoms with E-state index >= 15 is 0 Å². The molecule has 0 saturated heterocycles. The number of carbonyl (C=O) groups is 1. The van der Waals surface area contributed by atoms with E-state index in [2.05, 4.69) is 39.8 Å². The maximum atomic E-state index is 13.4. The number of ether oxygens (including phenoxy) is 1. The summed E-state index contributed by atoms with van der Waals surface area (Å²) in [7, 11) is 0. The fourth-order valence-corrected chi connectivity index (χ4v) is 6.51. The number of fused-ring (bicyclic) bond motifs is 3. The highest BCUT2D eigenvalue weighted by molar-refractivity contribution is 5.79. The molecule has 1 aromatic rings. The lowest BCUT2D eigenvalue weighted by molar-refractivity contribution is -0.384. The van der Waals surface area contributed by atoms with Crippen molar-refractivity contribution in [1.82, 2.24) is 0 Å². The summed E-state index contributed by atoms with van der Waals surface area (Å²) in [5.74, 6) is 1.50.